The van der Waals surface area contributed by atoms with E-state index >= 15 is 0 Å². The lowest BCUT2D eigenvalue weighted by Crippen LogP contribution is -2.24. The maximum atomic E-state index is 11.9. The zero-order valence-corrected chi connectivity index (χ0v) is 12.6. The number of benzene rings is 1. The topological polar surface area (TPSA) is 67.2 Å². The molecule has 1 unspecified atom stereocenters. The lowest BCUT2D eigenvalue weighted by Gasteiger charge is -2.13. The van der Waals surface area contributed by atoms with Gasteiger partial charge in [-0.3, -0.25) is 4.79 Å². The van der Waals surface area contributed by atoms with Crippen molar-refractivity contribution < 1.29 is 9.90 Å². The van der Waals surface area contributed by atoms with Gasteiger partial charge in [-0.2, -0.15) is 0 Å². The number of aromatic nitrogens is 2. The van der Waals surface area contributed by atoms with Crippen LogP contribution in [0.2, 0.25) is 0 Å². The number of aliphatic hydroxyl groups excluding tert-OH is 1. The molecule has 1 atom stereocenters. The number of nitrogens with one attached hydrogen (secondary N) is 1. The standard InChI is InChI=1S/C16H21N3O2/c1-11(2)14(20)9-15(21)17-16-12(3)10-19(18-16)13-7-5-4-6-8-13/h4-8,10-11,14,20H,9H2,1-3H3,(H,17,18,21). The van der Waals surface area contributed by atoms with Crippen LogP contribution in [-0.4, -0.2) is 26.9 Å². The van der Waals surface area contributed by atoms with Crippen LogP contribution in [0, 0.1) is 12.8 Å². The van der Waals surface area contributed by atoms with Crippen molar-refractivity contribution in [2.75, 3.05) is 5.32 Å². The summed E-state index contributed by atoms with van der Waals surface area (Å²) in [4.78, 5) is 11.9. The molecular weight excluding hydrogens is 266 g/mol. The molecule has 0 spiro atoms. The van der Waals surface area contributed by atoms with Crippen LogP contribution in [0.15, 0.2) is 36.5 Å². The molecule has 1 aromatic heterocycles. The maximum Gasteiger partial charge on any atom is 0.228 e. The number of rotatable bonds is 5. The van der Waals surface area contributed by atoms with Crippen LogP contribution in [0.5, 0.6) is 0 Å². The van der Waals surface area contributed by atoms with Gasteiger partial charge in [0.25, 0.3) is 0 Å². The minimum absolute atomic E-state index is 0.0544. The molecule has 1 aromatic carbocycles. The van der Waals surface area contributed by atoms with Crippen molar-refractivity contribution in [2.24, 2.45) is 5.92 Å². The molecule has 1 amide bonds. The Balaban J connectivity index is 2.08. The summed E-state index contributed by atoms with van der Waals surface area (Å²) in [6.07, 6.45) is 1.31. The summed E-state index contributed by atoms with van der Waals surface area (Å²) in [6, 6.07) is 9.70. The van der Waals surface area contributed by atoms with E-state index in [4.69, 9.17) is 0 Å². The predicted octanol–water partition coefficient (Wildman–Crippen LogP) is 2.53. The molecular formula is C16H21N3O2. The third kappa shape index (κ3) is 3.92. The number of carbonyl (C=O) groups excluding carboxylic acids is 1. The van der Waals surface area contributed by atoms with Gasteiger partial charge in [0.2, 0.25) is 5.91 Å². The minimum atomic E-state index is -0.637. The summed E-state index contributed by atoms with van der Waals surface area (Å²) >= 11 is 0. The molecule has 0 saturated carbocycles. The van der Waals surface area contributed by atoms with Crippen LogP contribution >= 0.6 is 0 Å². The summed E-state index contributed by atoms with van der Waals surface area (Å²) in [5.41, 5.74) is 1.81. The number of para-hydroxylation sites is 1. The summed E-state index contributed by atoms with van der Waals surface area (Å²) in [6.45, 7) is 5.65. The molecule has 2 N–H and O–H groups in total. The molecule has 0 radical (unpaired) electrons. The first kappa shape index (κ1) is 15.3. The molecule has 21 heavy (non-hydrogen) atoms. The lowest BCUT2D eigenvalue weighted by molar-refractivity contribution is -0.118. The van der Waals surface area contributed by atoms with Crippen molar-refractivity contribution in [3.05, 3.63) is 42.1 Å². The molecule has 0 aliphatic rings. The lowest BCUT2D eigenvalue weighted by atomic mass is 10.0. The van der Waals surface area contributed by atoms with Gasteiger partial charge in [0.15, 0.2) is 5.82 Å². The molecule has 0 aliphatic heterocycles. The van der Waals surface area contributed by atoms with Gasteiger partial charge in [0.05, 0.1) is 18.2 Å². The van der Waals surface area contributed by atoms with Crippen molar-refractivity contribution in [1.82, 2.24) is 9.78 Å². The van der Waals surface area contributed by atoms with Gasteiger partial charge in [-0.05, 0) is 25.0 Å². The Bertz CT molecular complexity index is 605. The van der Waals surface area contributed by atoms with Crippen molar-refractivity contribution in [1.29, 1.82) is 0 Å². The third-order valence-corrected chi connectivity index (χ3v) is 3.34. The summed E-state index contributed by atoms with van der Waals surface area (Å²) in [5, 5.41) is 16.9. The largest absolute Gasteiger partial charge is 0.392 e. The molecule has 1 heterocycles. The van der Waals surface area contributed by atoms with Crippen LogP contribution in [-0.2, 0) is 4.79 Å². The number of hydrogen-bond donors (Lipinski definition) is 2. The van der Waals surface area contributed by atoms with Crippen LogP contribution in [0.4, 0.5) is 5.82 Å². The Morgan fingerprint density at radius 1 is 1.33 bits per heavy atom. The minimum Gasteiger partial charge on any atom is -0.392 e. The van der Waals surface area contributed by atoms with Crippen LogP contribution in [0.1, 0.15) is 25.8 Å². The Kier molecular flexibility index (Phi) is 4.75. The Hall–Kier alpha value is -2.14. The summed E-state index contributed by atoms with van der Waals surface area (Å²) < 4.78 is 1.73. The summed E-state index contributed by atoms with van der Waals surface area (Å²) in [5.74, 6) is 0.358. The van der Waals surface area contributed by atoms with Gasteiger partial charge in [0.1, 0.15) is 0 Å². The van der Waals surface area contributed by atoms with Crippen LogP contribution in [0.25, 0.3) is 5.69 Å². The Labute approximate surface area is 124 Å². The van der Waals surface area contributed by atoms with E-state index in [2.05, 4.69) is 10.4 Å². The van der Waals surface area contributed by atoms with E-state index < -0.39 is 6.10 Å². The van der Waals surface area contributed by atoms with E-state index in [1.54, 1.807) is 4.68 Å². The first-order valence-corrected chi connectivity index (χ1v) is 7.07. The Morgan fingerprint density at radius 2 is 2.00 bits per heavy atom. The van der Waals surface area contributed by atoms with Gasteiger partial charge in [-0.25, -0.2) is 4.68 Å². The van der Waals surface area contributed by atoms with E-state index in [1.165, 1.54) is 0 Å². The zero-order valence-electron chi connectivity index (χ0n) is 12.6. The number of carbonyl (C=O) groups is 1. The first-order chi connectivity index (χ1) is 9.97. The molecule has 0 bridgehead atoms. The number of amides is 1. The van der Waals surface area contributed by atoms with Gasteiger partial charge in [-0.15, -0.1) is 5.10 Å². The molecule has 0 fully saturated rings. The second-order valence-electron chi connectivity index (χ2n) is 5.50. The number of hydrogen-bond acceptors (Lipinski definition) is 3. The zero-order chi connectivity index (χ0) is 15.4. The van der Waals surface area contributed by atoms with E-state index in [1.807, 2.05) is 57.3 Å². The number of aliphatic hydroxyl groups is 1. The van der Waals surface area contributed by atoms with Crippen molar-refractivity contribution >= 4 is 11.7 Å². The fourth-order valence-corrected chi connectivity index (χ4v) is 1.91. The highest BCUT2D eigenvalue weighted by Gasteiger charge is 2.16. The number of nitrogens with zero attached hydrogens (tertiary/aromatic N) is 2. The monoisotopic (exact) mass is 287 g/mol. The average molecular weight is 287 g/mol. The molecule has 0 saturated heterocycles. The molecule has 5 nitrogen and oxygen atoms in total. The quantitative estimate of drug-likeness (QED) is 0.888. The van der Waals surface area contributed by atoms with Crippen LogP contribution < -0.4 is 5.32 Å². The van der Waals surface area contributed by atoms with E-state index in [-0.39, 0.29) is 18.2 Å². The van der Waals surface area contributed by atoms with Gasteiger partial charge >= 0.3 is 0 Å². The van der Waals surface area contributed by atoms with Gasteiger partial charge in [0, 0.05) is 11.8 Å². The molecule has 5 heteroatoms. The highest BCUT2D eigenvalue weighted by atomic mass is 16.3. The number of anilines is 1. The molecule has 2 rings (SSSR count). The summed E-state index contributed by atoms with van der Waals surface area (Å²) in [7, 11) is 0. The van der Waals surface area contributed by atoms with E-state index in [9.17, 15) is 9.90 Å². The highest BCUT2D eigenvalue weighted by Crippen LogP contribution is 2.16. The highest BCUT2D eigenvalue weighted by molar-refractivity contribution is 5.90. The Morgan fingerprint density at radius 3 is 2.62 bits per heavy atom. The predicted molar refractivity (Wildman–Crippen MR) is 82.4 cm³/mol. The van der Waals surface area contributed by atoms with E-state index in [0.29, 0.717) is 5.82 Å². The molecule has 0 aliphatic carbocycles. The second kappa shape index (κ2) is 6.54. The van der Waals surface area contributed by atoms with Crippen molar-refractivity contribution in [2.45, 2.75) is 33.3 Å². The van der Waals surface area contributed by atoms with Crippen molar-refractivity contribution in [3.63, 3.8) is 0 Å². The molecule has 112 valence electrons. The average Bonchev–Trinajstić information content (AvgIpc) is 2.81. The molecule has 2 aromatic rings. The van der Waals surface area contributed by atoms with Gasteiger partial charge < -0.3 is 10.4 Å². The first-order valence-electron chi connectivity index (χ1n) is 7.07. The van der Waals surface area contributed by atoms with Crippen molar-refractivity contribution in [3.8, 4) is 5.69 Å². The maximum absolute atomic E-state index is 11.9. The fourth-order valence-electron chi connectivity index (χ4n) is 1.91. The van der Waals surface area contributed by atoms with E-state index in [0.717, 1.165) is 11.3 Å². The number of aryl methyl sites for hydroxylation is 1. The van der Waals surface area contributed by atoms with Crippen LogP contribution in [0.3, 0.4) is 0 Å². The fraction of sp³-hybridized carbons (Fsp3) is 0.375. The smallest absolute Gasteiger partial charge is 0.228 e. The normalized spacial score (nSPS) is 12.4. The SMILES string of the molecule is Cc1cn(-c2ccccc2)nc1NC(=O)CC(O)C(C)C. The third-order valence-electron chi connectivity index (χ3n) is 3.34. The second-order valence-corrected chi connectivity index (χ2v) is 5.50. The van der Waals surface area contributed by atoms with Gasteiger partial charge in [-0.1, -0.05) is 32.0 Å².